The van der Waals surface area contributed by atoms with Gasteiger partial charge in [0.1, 0.15) is 17.3 Å². The molecule has 2 nitrogen and oxygen atoms in total. The zero-order valence-corrected chi connectivity index (χ0v) is 10.4. The standard InChI is InChI=1S/C14H10ClFO2/c1-9-6-10(8-17)14(7-13(9)15)18-12-4-2-11(16)3-5-12/h2-8H,1H3. The molecule has 0 heterocycles. The van der Waals surface area contributed by atoms with E-state index in [1.807, 2.05) is 0 Å². The van der Waals surface area contributed by atoms with E-state index in [4.69, 9.17) is 16.3 Å². The highest BCUT2D eigenvalue weighted by Gasteiger charge is 2.08. The molecule has 0 unspecified atom stereocenters. The molecule has 4 heteroatoms. The quantitative estimate of drug-likeness (QED) is 0.769. The first kappa shape index (κ1) is 12.6. The van der Waals surface area contributed by atoms with Crippen LogP contribution in [0.1, 0.15) is 15.9 Å². The predicted molar refractivity (Wildman–Crippen MR) is 68.1 cm³/mol. The van der Waals surface area contributed by atoms with E-state index in [0.717, 1.165) is 5.56 Å². The Morgan fingerprint density at radius 2 is 1.89 bits per heavy atom. The molecule has 0 saturated heterocycles. The lowest BCUT2D eigenvalue weighted by Crippen LogP contribution is -1.92. The lowest BCUT2D eigenvalue weighted by Gasteiger charge is -2.09. The summed E-state index contributed by atoms with van der Waals surface area (Å²) >= 11 is 5.98. The first-order chi connectivity index (χ1) is 8.60. The van der Waals surface area contributed by atoms with Crippen molar-refractivity contribution in [1.29, 1.82) is 0 Å². The Balaban J connectivity index is 2.36. The van der Waals surface area contributed by atoms with Crippen molar-refractivity contribution >= 4 is 17.9 Å². The lowest BCUT2D eigenvalue weighted by molar-refractivity contribution is 0.112. The third kappa shape index (κ3) is 2.68. The molecular formula is C14H10ClFO2. The van der Waals surface area contributed by atoms with Gasteiger partial charge in [-0.25, -0.2) is 4.39 Å². The summed E-state index contributed by atoms with van der Waals surface area (Å²) in [7, 11) is 0. The molecular weight excluding hydrogens is 255 g/mol. The van der Waals surface area contributed by atoms with Crippen LogP contribution in [0.2, 0.25) is 5.02 Å². The molecule has 0 radical (unpaired) electrons. The number of aryl methyl sites for hydroxylation is 1. The van der Waals surface area contributed by atoms with Gasteiger partial charge in [0, 0.05) is 11.1 Å². The van der Waals surface area contributed by atoms with E-state index in [0.29, 0.717) is 28.4 Å². The highest BCUT2D eigenvalue weighted by Crippen LogP contribution is 2.29. The van der Waals surface area contributed by atoms with Gasteiger partial charge in [0.25, 0.3) is 0 Å². The van der Waals surface area contributed by atoms with Crippen molar-refractivity contribution in [2.24, 2.45) is 0 Å². The lowest BCUT2D eigenvalue weighted by atomic mass is 10.1. The maximum absolute atomic E-state index is 12.8. The van der Waals surface area contributed by atoms with Crippen LogP contribution in [0.4, 0.5) is 4.39 Å². The average molecular weight is 265 g/mol. The first-order valence-electron chi connectivity index (χ1n) is 5.29. The Morgan fingerprint density at radius 3 is 2.50 bits per heavy atom. The maximum Gasteiger partial charge on any atom is 0.153 e. The van der Waals surface area contributed by atoms with E-state index >= 15 is 0 Å². The molecule has 0 atom stereocenters. The molecule has 0 aliphatic heterocycles. The second-order valence-electron chi connectivity index (χ2n) is 3.81. The largest absolute Gasteiger partial charge is 0.457 e. The van der Waals surface area contributed by atoms with Crippen molar-refractivity contribution in [1.82, 2.24) is 0 Å². The molecule has 18 heavy (non-hydrogen) atoms. The first-order valence-corrected chi connectivity index (χ1v) is 5.66. The van der Waals surface area contributed by atoms with Gasteiger partial charge >= 0.3 is 0 Å². The maximum atomic E-state index is 12.8. The number of aldehydes is 1. The molecule has 0 bridgehead atoms. The van der Waals surface area contributed by atoms with Crippen molar-refractivity contribution in [3.05, 3.63) is 58.4 Å². The normalized spacial score (nSPS) is 10.2. The summed E-state index contributed by atoms with van der Waals surface area (Å²) in [5.41, 5.74) is 1.20. The van der Waals surface area contributed by atoms with E-state index in [1.165, 1.54) is 24.3 Å². The Hall–Kier alpha value is -1.87. The van der Waals surface area contributed by atoms with Crippen LogP contribution in [-0.2, 0) is 0 Å². The minimum Gasteiger partial charge on any atom is -0.457 e. The van der Waals surface area contributed by atoms with Gasteiger partial charge in [0.05, 0.1) is 5.56 Å². The van der Waals surface area contributed by atoms with Crippen LogP contribution >= 0.6 is 11.6 Å². The van der Waals surface area contributed by atoms with Crippen LogP contribution in [0.15, 0.2) is 36.4 Å². The second kappa shape index (κ2) is 5.19. The van der Waals surface area contributed by atoms with Crippen LogP contribution in [0.5, 0.6) is 11.5 Å². The van der Waals surface area contributed by atoms with Gasteiger partial charge in [-0.15, -0.1) is 0 Å². The predicted octanol–water partition coefficient (Wildman–Crippen LogP) is 4.39. The van der Waals surface area contributed by atoms with Gasteiger partial charge in [-0.1, -0.05) is 11.6 Å². The Bertz CT molecular complexity index is 579. The summed E-state index contributed by atoms with van der Waals surface area (Å²) < 4.78 is 18.3. The van der Waals surface area contributed by atoms with E-state index in [1.54, 1.807) is 19.1 Å². The Labute approximate surface area is 109 Å². The number of carbonyl (C=O) groups is 1. The molecule has 0 aliphatic rings. The summed E-state index contributed by atoms with van der Waals surface area (Å²) in [4.78, 5) is 11.0. The van der Waals surface area contributed by atoms with Crippen molar-refractivity contribution in [3.63, 3.8) is 0 Å². The molecule has 0 N–H and O–H groups in total. The summed E-state index contributed by atoms with van der Waals surface area (Å²) in [6.07, 6.45) is 0.697. The molecule has 92 valence electrons. The molecule has 0 spiro atoms. The number of rotatable bonds is 3. The zero-order valence-electron chi connectivity index (χ0n) is 9.61. The number of halogens is 2. The van der Waals surface area contributed by atoms with E-state index in [2.05, 4.69) is 0 Å². The van der Waals surface area contributed by atoms with E-state index < -0.39 is 0 Å². The smallest absolute Gasteiger partial charge is 0.153 e. The van der Waals surface area contributed by atoms with E-state index in [-0.39, 0.29) is 5.82 Å². The van der Waals surface area contributed by atoms with Gasteiger partial charge in [-0.05, 0) is 42.8 Å². The summed E-state index contributed by atoms with van der Waals surface area (Å²) in [5, 5.41) is 0.512. The van der Waals surface area contributed by atoms with Crippen LogP contribution in [0.3, 0.4) is 0 Å². The molecule has 2 aromatic rings. The Kier molecular flexibility index (Phi) is 3.63. The van der Waals surface area contributed by atoms with Crippen molar-refractivity contribution in [3.8, 4) is 11.5 Å². The van der Waals surface area contributed by atoms with Gasteiger partial charge in [-0.3, -0.25) is 4.79 Å². The van der Waals surface area contributed by atoms with Crippen LogP contribution in [-0.4, -0.2) is 6.29 Å². The minimum absolute atomic E-state index is 0.347. The number of ether oxygens (including phenoxy) is 1. The molecule has 0 aliphatic carbocycles. The molecule has 2 rings (SSSR count). The fraction of sp³-hybridized carbons (Fsp3) is 0.0714. The summed E-state index contributed by atoms with van der Waals surface area (Å²) in [6.45, 7) is 1.80. The Morgan fingerprint density at radius 1 is 1.22 bits per heavy atom. The molecule has 0 saturated carbocycles. The third-order valence-corrected chi connectivity index (χ3v) is 2.87. The second-order valence-corrected chi connectivity index (χ2v) is 4.22. The summed E-state index contributed by atoms with van der Waals surface area (Å²) in [5.74, 6) is 0.450. The fourth-order valence-electron chi connectivity index (χ4n) is 1.50. The molecule has 2 aromatic carbocycles. The molecule has 0 aromatic heterocycles. The monoisotopic (exact) mass is 264 g/mol. The zero-order chi connectivity index (χ0) is 13.1. The number of hydrogen-bond acceptors (Lipinski definition) is 2. The SMILES string of the molecule is Cc1cc(C=O)c(Oc2ccc(F)cc2)cc1Cl. The van der Waals surface area contributed by atoms with Crippen LogP contribution < -0.4 is 4.74 Å². The van der Waals surface area contributed by atoms with Gasteiger partial charge in [-0.2, -0.15) is 0 Å². The number of carbonyl (C=O) groups excluding carboxylic acids is 1. The summed E-state index contributed by atoms with van der Waals surface area (Å²) in [6, 6.07) is 8.75. The highest BCUT2D eigenvalue weighted by molar-refractivity contribution is 6.31. The van der Waals surface area contributed by atoms with Crippen LogP contribution in [0.25, 0.3) is 0 Å². The van der Waals surface area contributed by atoms with Gasteiger partial charge in [0.2, 0.25) is 0 Å². The average Bonchev–Trinajstić information content (AvgIpc) is 2.36. The number of benzene rings is 2. The third-order valence-electron chi connectivity index (χ3n) is 2.46. The minimum atomic E-state index is -0.347. The number of hydrogen-bond donors (Lipinski definition) is 0. The molecule has 0 fully saturated rings. The van der Waals surface area contributed by atoms with E-state index in [9.17, 15) is 9.18 Å². The van der Waals surface area contributed by atoms with Crippen LogP contribution in [0, 0.1) is 12.7 Å². The topological polar surface area (TPSA) is 26.3 Å². The fourth-order valence-corrected chi connectivity index (χ4v) is 1.65. The highest BCUT2D eigenvalue weighted by atomic mass is 35.5. The molecule has 0 amide bonds. The van der Waals surface area contributed by atoms with Crippen molar-refractivity contribution in [2.45, 2.75) is 6.92 Å². The van der Waals surface area contributed by atoms with Gasteiger partial charge in [0.15, 0.2) is 6.29 Å². The van der Waals surface area contributed by atoms with Crippen molar-refractivity contribution in [2.75, 3.05) is 0 Å². The van der Waals surface area contributed by atoms with Crippen molar-refractivity contribution < 1.29 is 13.9 Å². The van der Waals surface area contributed by atoms with Gasteiger partial charge < -0.3 is 4.74 Å².